The van der Waals surface area contributed by atoms with Crippen LogP contribution in [0.2, 0.25) is 0 Å². The van der Waals surface area contributed by atoms with Crippen LogP contribution in [0.3, 0.4) is 0 Å². The fourth-order valence-corrected chi connectivity index (χ4v) is 2.53. The van der Waals surface area contributed by atoms with Crippen molar-refractivity contribution in [3.05, 3.63) is 29.6 Å². The molecule has 94 valence electrons. The molecule has 1 heterocycles. The zero-order valence-corrected chi connectivity index (χ0v) is 11.5. The summed E-state index contributed by atoms with van der Waals surface area (Å²) in [6.45, 7) is 10.1. The Morgan fingerprint density at radius 2 is 2.18 bits per heavy atom. The standard InChI is InChI=1S/C15H24N2/c1-5-8-16-14(13-9-15(13,3)4)12-7-6-11(2)17-10-12/h6-7,10,13-14,16H,5,8-9H2,1-4H3. The van der Waals surface area contributed by atoms with Gasteiger partial charge >= 0.3 is 0 Å². The average molecular weight is 232 g/mol. The van der Waals surface area contributed by atoms with Crippen LogP contribution in [-0.4, -0.2) is 11.5 Å². The number of pyridine rings is 1. The molecule has 2 heteroatoms. The van der Waals surface area contributed by atoms with Crippen LogP contribution >= 0.6 is 0 Å². The number of nitrogens with one attached hydrogen (secondary N) is 1. The molecule has 1 aliphatic carbocycles. The van der Waals surface area contributed by atoms with E-state index in [1.54, 1.807) is 0 Å². The van der Waals surface area contributed by atoms with Crippen LogP contribution in [0, 0.1) is 18.3 Å². The van der Waals surface area contributed by atoms with Gasteiger partial charge in [0.05, 0.1) is 0 Å². The third-order valence-corrected chi connectivity index (χ3v) is 3.90. The van der Waals surface area contributed by atoms with Crippen molar-refractivity contribution < 1.29 is 0 Å². The Hall–Kier alpha value is -0.890. The Labute approximate surface area is 105 Å². The minimum atomic E-state index is 0.484. The Bertz CT molecular complexity index is 367. The van der Waals surface area contributed by atoms with E-state index < -0.39 is 0 Å². The SMILES string of the molecule is CCCNC(c1ccc(C)nc1)C1CC1(C)C. The summed E-state index contributed by atoms with van der Waals surface area (Å²) in [5, 5.41) is 3.68. The van der Waals surface area contributed by atoms with E-state index in [0.29, 0.717) is 11.5 Å². The quantitative estimate of drug-likeness (QED) is 0.840. The van der Waals surface area contributed by atoms with Crippen LogP contribution in [0.15, 0.2) is 18.3 Å². The van der Waals surface area contributed by atoms with Gasteiger partial charge in [0.2, 0.25) is 0 Å². The van der Waals surface area contributed by atoms with Crippen molar-refractivity contribution in [1.29, 1.82) is 0 Å². The lowest BCUT2D eigenvalue weighted by molar-refractivity contribution is 0.415. The van der Waals surface area contributed by atoms with Crippen LogP contribution in [-0.2, 0) is 0 Å². The highest BCUT2D eigenvalue weighted by atomic mass is 14.9. The van der Waals surface area contributed by atoms with Gasteiger partial charge in [-0.1, -0.05) is 26.8 Å². The molecule has 0 amide bonds. The van der Waals surface area contributed by atoms with Crippen LogP contribution in [0.1, 0.15) is 50.9 Å². The topological polar surface area (TPSA) is 24.9 Å². The molecule has 1 N–H and O–H groups in total. The summed E-state index contributed by atoms with van der Waals surface area (Å²) in [5.74, 6) is 0.763. The highest BCUT2D eigenvalue weighted by Crippen LogP contribution is 2.57. The number of aromatic nitrogens is 1. The van der Waals surface area contributed by atoms with Gasteiger partial charge in [-0.25, -0.2) is 0 Å². The fraction of sp³-hybridized carbons (Fsp3) is 0.667. The van der Waals surface area contributed by atoms with Crippen molar-refractivity contribution in [2.24, 2.45) is 11.3 Å². The summed E-state index contributed by atoms with van der Waals surface area (Å²) in [6, 6.07) is 4.83. The van der Waals surface area contributed by atoms with Gasteiger partial charge in [0.25, 0.3) is 0 Å². The van der Waals surface area contributed by atoms with Crippen LogP contribution in [0.25, 0.3) is 0 Å². The Morgan fingerprint density at radius 1 is 1.47 bits per heavy atom. The molecule has 2 unspecified atom stereocenters. The molecule has 1 aromatic rings. The van der Waals surface area contributed by atoms with Gasteiger partial charge in [-0.05, 0) is 49.3 Å². The highest BCUT2D eigenvalue weighted by molar-refractivity contribution is 5.21. The smallest absolute Gasteiger partial charge is 0.0372 e. The number of rotatable bonds is 5. The number of aryl methyl sites for hydroxylation is 1. The second kappa shape index (κ2) is 4.77. The van der Waals surface area contributed by atoms with Gasteiger partial charge in [-0.3, -0.25) is 4.98 Å². The average Bonchev–Trinajstić information content (AvgIpc) is 2.91. The first-order valence-electron chi connectivity index (χ1n) is 6.70. The Balaban J connectivity index is 2.13. The van der Waals surface area contributed by atoms with E-state index in [1.165, 1.54) is 18.4 Å². The molecule has 2 rings (SSSR count). The maximum Gasteiger partial charge on any atom is 0.0372 e. The molecule has 1 aromatic heterocycles. The summed E-state index contributed by atoms with van der Waals surface area (Å²) in [5.41, 5.74) is 2.94. The molecule has 1 aliphatic rings. The second-order valence-electron chi connectivity index (χ2n) is 5.96. The van der Waals surface area contributed by atoms with E-state index in [0.717, 1.165) is 18.2 Å². The second-order valence-corrected chi connectivity index (χ2v) is 5.96. The summed E-state index contributed by atoms with van der Waals surface area (Å²) < 4.78 is 0. The van der Waals surface area contributed by atoms with Crippen molar-refractivity contribution in [3.63, 3.8) is 0 Å². The van der Waals surface area contributed by atoms with Crippen LogP contribution in [0.4, 0.5) is 0 Å². The van der Waals surface area contributed by atoms with Crippen molar-refractivity contribution in [1.82, 2.24) is 10.3 Å². The molecule has 2 nitrogen and oxygen atoms in total. The Kier molecular flexibility index (Phi) is 3.53. The van der Waals surface area contributed by atoms with E-state index in [-0.39, 0.29) is 0 Å². The fourth-order valence-electron chi connectivity index (χ4n) is 2.53. The van der Waals surface area contributed by atoms with Crippen molar-refractivity contribution in [3.8, 4) is 0 Å². The highest BCUT2D eigenvalue weighted by Gasteiger charge is 2.50. The van der Waals surface area contributed by atoms with Gasteiger partial charge in [0.15, 0.2) is 0 Å². The predicted octanol–water partition coefficient (Wildman–Crippen LogP) is 3.48. The van der Waals surface area contributed by atoms with Crippen molar-refractivity contribution in [2.45, 2.75) is 46.6 Å². The largest absolute Gasteiger partial charge is 0.310 e. The monoisotopic (exact) mass is 232 g/mol. The van der Waals surface area contributed by atoms with Gasteiger partial charge < -0.3 is 5.32 Å². The molecule has 0 bridgehead atoms. The maximum atomic E-state index is 4.43. The van der Waals surface area contributed by atoms with Crippen molar-refractivity contribution in [2.75, 3.05) is 6.54 Å². The predicted molar refractivity (Wildman–Crippen MR) is 71.9 cm³/mol. The van der Waals surface area contributed by atoms with E-state index >= 15 is 0 Å². The van der Waals surface area contributed by atoms with Crippen LogP contribution in [0.5, 0.6) is 0 Å². The molecule has 0 aliphatic heterocycles. The zero-order chi connectivity index (χ0) is 12.5. The molecule has 0 spiro atoms. The van der Waals surface area contributed by atoms with E-state index in [2.05, 4.69) is 43.2 Å². The summed E-state index contributed by atoms with van der Waals surface area (Å²) >= 11 is 0. The lowest BCUT2D eigenvalue weighted by Gasteiger charge is -2.20. The summed E-state index contributed by atoms with van der Waals surface area (Å²) in [4.78, 5) is 4.43. The van der Waals surface area contributed by atoms with Gasteiger partial charge in [-0.15, -0.1) is 0 Å². The molecular weight excluding hydrogens is 208 g/mol. The van der Waals surface area contributed by atoms with Crippen molar-refractivity contribution >= 4 is 0 Å². The first-order valence-corrected chi connectivity index (χ1v) is 6.70. The minimum Gasteiger partial charge on any atom is -0.310 e. The number of nitrogens with zero attached hydrogens (tertiary/aromatic N) is 1. The molecule has 17 heavy (non-hydrogen) atoms. The zero-order valence-electron chi connectivity index (χ0n) is 11.5. The van der Waals surface area contributed by atoms with E-state index in [9.17, 15) is 0 Å². The van der Waals surface area contributed by atoms with Gasteiger partial charge in [0, 0.05) is 17.9 Å². The Morgan fingerprint density at radius 3 is 2.65 bits per heavy atom. The lowest BCUT2D eigenvalue weighted by Crippen LogP contribution is -2.25. The normalized spacial score (nSPS) is 23.4. The molecule has 2 atom stereocenters. The third kappa shape index (κ3) is 2.86. The minimum absolute atomic E-state index is 0.484. The molecular formula is C15H24N2. The maximum absolute atomic E-state index is 4.43. The number of hydrogen-bond donors (Lipinski definition) is 1. The van der Waals surface area contributed by atoms with Gasteiger partial charge in [0.1, 0.15) is 0 Å². The van der Waals surface area contributed by atoms with Gasteiger partial charge in [-0.2, -0.15) is 0 Å². The lowest BCUT2D eigenvalue weighted by atomic mass is 9.98. The van der Waals surface area contributed by atoms with E-state index in [1.807, 2.05) is 13.1 Å². The van der Waals surface area contributed by atoms with E-state index in [4.69, 9.17) is 0 Å². The molecule has 0 saturated heterocycles. The third-order valence-electron chi connectivity index (χ3n) is 3.90. The number of hydrogen-bond acceptors (Lipinski definition) is 2. The summed E-state index contributed by atoms with van der Waals surface area (Å²) in [7, 11) is 0. The molecule has 0 radical (unpaired) electrons. The first-order chi connectivity index (χ1) is 8.04. The molecule has 1 saturated carbocycles. The summed E-state index contributed by atoms with van der Waals surface area (Å²) in [6.07, 6.45) is 4.54. The molecule has 1 fully saturated rings. The first kappa shape index (κ1) is 12.6. The molecule has 0 aromatic carbocycles. The van der Waals surface area contributed by atoms with Crippen LogP contribution < -0.4 is 5.32 Å².